The Balaban J connectivity index is 2.38. The van der Waals surface area contributed by atoms with E-state index in [1.807, 2.05) is 24.3 Å². The third-order valence-corrected chi connectivity index (χ3v) is 3.16. The van der Waals surface area contributed by atoms with Gasteiger partial charge in [0.05, 0.1) is 18.7 Å². The van der Waals surface area contributed by atoms with Crippen molar-refractivity contribution >= 4 is 22.4 Å². The molecule has 6 heteroatoms. The molecule has 0 radical (unpaired) electrons. The maximum atomic E-state index is 12.5. The number of rotatable bonds is 5. The van der Waals surface area contributed by atoms with Gasteiger partial charge in [-0.05, 0) is 22.9 Å². The molecule has 0 atom stereocenters. The number of anilines is 1. The van der Waals surface area contributed by atoms with Gasteiger partial charge in [0.15, 0.2) is 0 Å². The molecule has 4 nitrogen and oxygen atoms in total. The minimum Gasteiger partial charge on any atom is -0.398 e. The number of nitrogens with two attached hydrogens (primary N) is 1. The number of carbonyl (C=O) groups is 1. The van der Waals surface area contributed by atoms with E-state index in [0.29, 0.717) is 0 Å². The molecule has 0 saturated heterocycles. The molecular weight excluding hydrogens is 278 g/mol. The van der Waals surface area contributed by atoms with E-state index >= 15 is 0 Å². The van der Waals surface area contributed by atoms with Crippen LogP contribution in [0, 0.1) is 0 Å². The molecule has 112 valence electrons. The molecule has 0 spiro atoms. The van der Waals surface area contributed by atoms with Crippen molar-refractivity contribution in [3.63, 3.8) is 0 Å². The van der Waals surface area contributed by atoms with Gasteiger partial charge in [0, 0.05) is 12.2 Å². The van der Waals surface area contributed by atoms with Crippen molar-refractivity contribution in [1.29, 1.82) is 0 Å². The number of amides is 1. The first-order valence-corrected chi connectivity index (χ1v) is 6.49. The summed E-state index contributed by atoms with van der Waals surface area (Å²) in [5.41, 5.74) is 6.26. The van der Waals surface area contributed by atoms with Gasteiger partial charge in [-0.1, -0.05) is 24.3 Å². The Morgan fingerprint density at radius 2 is 1.86 bits per heavy atom. The highest BCUT2D eigenvalue weighted by Gasteiger charge is 2.21. The second kappa shape index (κ2) is 6.49. The van der Waals surface area contributed by atoms with Gasteiger partial charge in [0.2, 0.25) is 0 Å². The molecule has 0 bridgehead atoms. The van der Waals surface area contributed by atoms with Gasteiger partial charge < -0.3 is 15.7 Å². The zero-order valence-electron chi connectivity index (χ0n) is 11.3. The van der Waals surface area contributed by atoms with Crippen LogP contribution in [0.25, 0.3) is 10.8 Å². The molecule has 0 saturated carbocycles. The van der Waals surface area contributed by atoms with Crippen molar-refractivity contribution in [2.45, 2.75) is 6.43 Å². The van der Waals surface area contributed by atoms with Crippen LogP contribution in [0.15, 0.2) is 36.4 Å². The lowest BCUT2D eigenvalue weighted by atomic mass is 10.0. The Bertz CT molecular complexity index is 647. The number of aliphatic hydroxyl groups is 1. The number of benzene rings is 2. The van der Waals surface area contributed by atoms with Crippen molar-refractivity contribution in [2.24, 2.45) is 0 Å². The van der Waals surface area contributed by atoms with E-state index in [-0.39, 0.29) is 24.4 Å². The average molecular weight is 294 g/mol. The third-order valence-electron chi connectivity index (χ3n) is 3.16. The summed E-state index contributed by atoms with van der Waals surface area (Å²) in [6, 6.07) is 10.6. The summed E-state index contributed by atoms with van der Waals surface area (Å²) in [4.78, 5) is 13.2. The maximum absolute atomic E-state index is 12.5. The van der Waals surface area contributed by atoms with Gasteiger partial charge in [-0.25, -0.2) is 8.78 Å². The molecule has 0 unspecified atom stereocenters. The molecule has 0 aliphatic carbocycles. The van der Waals surface area contributed by atoms with Gasteiger partial charge in [-0.3, -0.25) is 4.79 Å². The minimum atomic E-state index is -2.66. The number of alkyl halides is 2. The molecule has 0 aromatic heterocycles. The van der Waals surface area contributed by atoms with Gasteiger partial charge in [-0.2, -0.15) is 0 Å². The summed E-state index contributed by atoms with van der Waals surface area (Å²) in [6.45, 7) is -1.27. The molecular formula is C15H16F2N2O2. The van der Waals surface area contributed by atoms with Crippen LogP contribution in [0.5, 0.6) is 0 Å². The first-order valence-electron chi connectivity index (χ1n) is 6.49. The number of nitrogens with zero attached hydrogens (tertiary/aromatic N) is 1. The van der Waals surface area contributed by atoms with E-state index in [2.05, 4.69) is 0 Å². The van der Waals surface area contributed by atoms with Crippen molar-refractivity contribution < 1.29 is 18.7 Å². The van der Waals surface area contributed by atoms with Gasteiger partial charge in [0.1, 0.15) is 0 Å². The molecule has 2 rings (SSSR count). The molecule has 2 aromatic rings. The fourth-order valence-corrected chi connectivity index (χ4v) is 2.18. The Hall–Kier alpha value is -2.21. The highest BCUT2D eigenvalue weighted by molar-refractivity contribution is 6.03. The van der Waals surface area contributed by atoms with Crippen molar-refractivity contribution in [3.05, 3.63) is 42.0 Å². The van der Waals surface area contributed by atoms with Crippen LogP contribution >= 0.6 is 0 Å². The van der Waals surface area contributed by atoms with Crippen LogP contribution in [0.3, 0.4) is 0 Å². The summed E-state index contributed by atoms with van der Waals surface area (Å²) < 4.78 is 25.1. The van der Waals surface area contributed by atoms with E-state index in [0.717, 1.165) is 15.7 Å². The summed E-state index contributed by atoms with van der Waals surface area (Å²) in [5.74, 6) is -0.604. The molecule has 1 amide bonds. The average Bonchev–Trinajstić information content (AvgIpc) is 2.45. The maximum Gasteiger partial charge on any atom is 0.256 e. The number of hydrogen-bond donors (Lipinski definition) is 2. The fraction of sp³-hybridized carbons (Fsp3) is 0.267. The standard InChI is InChI=1S/C15H16F2N2O2/c16-14(17)9-19(5-6-20)15(21)12-7-10-3-1-2-4-11(10)8-13(12)18/h1-4,7-8,14,20H,5-6,9,18H2. The molecule has 3 N–H and O–H groups in total. The molecule has 0 fully saturated rings. The van der Waals surface area contributed by atoms with E-state index in [4.69, 9.17) is 10.8 Å². The summed E-state index contributed by atoms with van der Waals surface area (Å²) >= 11 is 0. The number of hydrogen-bond acceptors (Lipinski definition) is 3. The van der Waals surface area contributed by atoms with E-state index < -0.39 is 18.9 Å². The topological polar surface area (TPSA) is 66.6 Å². The Morgan fingerprint density at radius 3 is 2.43 bits per heavy atom. The van der Waals surface area contributed by atoms with Gasteiger partial charge >= 0.3 is 0 Å². The van der Waals surface area contributed by atoms with Crippen LogP contribution < -0.4 is 5.73 Å². The smallest absolute Gasteiger partial charge is 0.256 e. The number of nitrogen functional groups attached to an aromatic ring is 1. The zero-order valence-corrected chi connectivity index (χ0v) is 11.3. The highest BCUT2D eigenvalue weighted by atomic mass is 19.3. The molecule has 0 aliphatic rings. The summed E-state index contributed by atoms with van der Waals surface area (Å²) in [6.07, 6.45) is -2.66. The third kappa shape index (κ3) is 3.46. The lowest BCUT2D eigenvalue weighted by Gasteiger charge is -2.22. The van der Waals surface area contributed by atoms with Crippen molar-refractivity contribution in [2.75, 3.05) is 25.4 Å². The molecule has 0 heterocycles. The lowest BCUT2D eigenvalue weighted by molar-refractivity contribution is 0.0510. The number of halogens is 2. The van der Waals surface area contributed by atoms with E-state index in [9.17, 15) is 13.6 Å². The van der Waals surface area contributed by atoms with Crippen LogP contribution in [-0.4, -0.2) is 42.0 Å². The SMILES string of the molecule is Nc1cc2ccccc2cc1C(=O)N(CCO)CC(F)F. The first-order chi connectivity index (χ1) is 10.0. The predicted octanol–water partition coefficient (Wildman–Crippen LogP) is 2.12. The number of carbonyl (C=O) groups excluding carboxylic acids is 1. The Labute approximate surface area is 120 Å². The van der Waals surface area contributed by atoms with Crippen LogP contribution in [0.4, 0.5) is 14.5 Å². The predicted molar refractivity (Wildman–Crippen MR) is 77.4 cm³/mol. The van der Waals surface area contributed by atoms with Crippen LogP contribution in [0.1, 0.15) is 10.4 Å². The highest BCUT2D eigenvalue weighted by Crippen LogP contribution is 2.23. The molecule has 21 heavy (non-hydrogen) atoms. The largest absolute Gasteiger partial charge is 0.398 e. The van der Waals surface area contributed by atoms with Gasteiger partial charge in [-0.15, -0.1) is 0 Å². The second-order valence-corrected chi connectivity index (χ2v) is 4.65. The van der Waals surface area contributed by atoms with E-state index in [1.165, 1.54) is 0 Å². The molecule has 0 aliphatic heterocycles. The lowest BCUT2D eigenvalue weighted by Crippen LogP contribution is -2.37. The van der Waals surface area contributed by atoms with Crippen molar-refractivity contribution in [3.8, 4) is 0 Å². The monoisotopic (exact) mass is 294 g/mol. The normalized spacial score (nSPS) is 11.0. The van der Waals surface area contributed by atoms with Crippen molar-refractivity contribution in [1.82, 2.24) is 4.90 Å². The number of fused-ring (bicyclic) bond motifs is 1. The summed E-state index contributed by atoms with van der Waals surface area (Å²) in [7, 11) is 0. The quantitative estimate of drug-likeness (QED) is 0.830. The number of aliphatic hydroxyl groups excluding tert-OH is 1. The Morgan fingerprint density at radius 1 is 1.24 bits per heavy atom. The van der Waals surface area contributed by atoms with Gasteiger partial charge in [0.25, 0.3) is 12.3 Å². The zero-order chi connectivity index (χ0) is 15.4. The summed E-state index contributed by atoms with van der Waals surface area (Å²) in [5, 5.41) is 10.6. The van der Waals surface area contributed by atoms with E-state index in [1.54, 1.807) is 12.1 Å². The Kier molecular flexibility index (Phi) is 4.70. The van der Waals surface area contributed by atoms with Crippen LogP contribution in [0.2, 0.25) is 0 Å². The van der Waals surface area contributed by atoms with Crippen LogP contribution in [-0.2, 0) is 0 Å². The first kappa shape index (κ1) is 15.2. The molecule has 2 aromatic carbocycles. The minimum absolute atomic E-state index is 0.157. The second-order valence-electron chi connectivity index (χ2n) is 4.65. The fourth-order valence-electron chi connectivity index (χ4n) is 2.18.